The van der Waals surface area contributed by atoms with Crippen molar-refractivity contribution in [3.8, 4) is 0 Å². The van der Waals surface area contributed by atoms with Gasteiger partial charge >= 0.3 is 0 Å². The van der Waals surface area contributed by atoms with Crippen molar-refractivity contribution in [2.45, 2.75) is 37.3 Å². The summed E-state index contributed by atoms with van der Waals surface area (Å²) in [5.41, 5.74) is 1.81. The maximum absolute atomic E-state index is 13.2. The van der Waals surface area contributed by atoms with Crippen LogP contribution in [0.5, 0.6) is 0 Å². The van der Waals surface area contributed by atoms with Gasteiger partial charge in [0.1, 0.15) is 0 Å². The van der Waals surface area contributed by atoms with Gasteiger partial charge < -0.3 is 10.1 Å². The molecule has 0 saturated carbocycles. The summed E-state index contributed by atoms with van der Waals surface area (Å²) in [6.45, 7) is 2.83. The van der Waals surface area contributed by atoms with Crippen LogP contribution in [0.25, 0.3) is 0 Å². The fraction of sp³-hybridized carbons (Fsp3) is 0.381. The van der Waals surface area contributed by atoms with Crippen molar-refractivity contribution in [3.63, 3.8) is 0 Å². The van der Waals surface area contributed by atoms with E-state index in [9.17, 15) is 13.2 Å². The van der Waals surface area contributed by atoms with Crippen molar-refractivity contribution in [2.24, 2.45) is 0 Å². The summed E-state index contributed by atoms with van der Waals surface area (Å²) in [4.78, 5) is 12.6. The van der Waals surface area contributed by atoms with Gasteiger partial charge in [-0.3, -0.25) is 4.79 Å². The third kappa shape index (κ3) is 5.79. The number of hydrogen-bond acceptors (Lipinski definition) is 4. The molecule has 1 fully saturated rings. The minimum absolute atomic E-state index is 0.00311. The van der Waals surface area contributed by atoms with E-state index in [1.807, 2.05) is 31.2 Å². The predicted molar refractivity (Wildman–Crippen MR) is 112 cm³/mol. The molecule has 1 aliphatic rings. The summed E-state index contributed by atoms with van der Waals surface area (Å²) in [6.07, 6.45) is 1.87. The monoisotopic (exact) mass is 436 g/mol. The zero-order chi connectivity index (χ0) is 20.9. The highest BCUT2D eigenvalue weighted by atomic mass is 35.5. The molecule has 0 bridgehead atoms. The number of sulfonamides is 1. The van der Waals surface area contributed by atoms with Crippen LogP contribution in [0.2, 0.25) is 5.02 Å². The Labute approximate surface area is 176 Å². The number of nitrogens with one attached hydrogen (secondary N) is 1. The molecule has 2 aromatic rings. The van der Waals surface area contributed by atoms with Gasteiger partial charge in [-0.25, -0.2) is 8.42 Å². The average Bonchev–Trinajstić information content (AvgIpc) is 3.21. The van der Waals surface area contributed by atoms with Crippen LogP contribution in [0.1, 0.15) is 24.0 Å². The van der Waals surface area contributed by atoms with E-state index >= 15 is 0 Å². The molecule has 0 unspecified atom stereocenters. The molecule has 3 rings (SSSR count). The van der Waals surface area contributed by atoms with Gasteiger partial charge in [0, 0.05) is 24.7 Å². The second-order valence-electron chi connectivity index (χ2n) is 7.09. The van der Waals surface area contributed by atoms with Crippen molar-refractivity contribution in [1.82, 2.24) is 9.62 Å². The van der Waals surface area contributed by atoms with Crippen LogP contribution in [0.4, 0.5) is 0 Å². The molecule has 0 aromatic heterocycles. The van der Waals surface area contributed by atoms with Crippen molar-refractivity contribution in [3.05, 3.63) is 64.7 Å². The smallest absolute Gasteiger partial charge is 0.243 e. The maximum Gasteiger partial charge on any atom is 0.243 e. The van der Waals surface area contributed by atoms with E-state index in [0.29, 0.717) is 18.2 Å². The fourth-order valence-corrected chi connectivity index (χ4v) is 4.71. The van der Waals surface area contributed by atoms with Gasteiger partial charge in [-0.15, -0.1) is 0 Å². The van der Waals surface area contributed by atoms with Crippen LogP contribution in [0.3, 0.4) is 0 Å². The molecule has 1 heterocycles. The first-order valence-corrected chi connectivity index (χ1v) is 11.4. The van der Waals surface area contributed by atoms with Crippen LogP contribution in [-0.4, -0.2) is 44.4 Å². The second-order valence-corrected chi connectivity index (χ2v) is 9.47. The number of nitrogens with zero attached hydrogens (tertiary/aromatic N) is 1. The molecule has 6 nitrogen and oxygen atoms in total. The first-order valence-electron chi connectivity index (χ1n) is 9.55. The average molecular weight is 437 g/mol. The number of carbonyl (C=O) groups is 1. The fourth-order valence-electron chi connectivity index (χ4n) is 3.21. The van der Waals surface area contributed by atoms with Gasteiger partial charge in [-0.1, -0.05) is 35.9 Å². The summed E-state index contributed by atoms with van der Waals surface area (Å²) in [6, 6.07) is 13.5. The summed E-state index contributed by atoms with van der Waals surface area (Å²) >= 11 is 5.90. The van der Waals surface area contributed by atoms with E-state index in [-0.39, 0.29) is 30.0 Å². The lowest BCUT2D eigenvalue weighted by atomic mass is 10.1. The normalized spacial score (nSPS) is 16.9. The van der Waals surface area contributed by atoms with Gasteiger partial charge in [-0.2, -0.15) is 4.31 Å². The Bertz CT molecular complexity index is 941. The minimum Gasteiger partial charge on any atom is -0.376 e. The maximum atomic E-state index is 13.2. The van der Waals surface area contributed by atoms with Crippen molar-refractivity contribution in [2.75, 3.05) is 19.7 Å². The summed E-state index contributed by atoms with van der Waals surface area (Å²) < 4.78 is 33.2. The molecular weight excluding hydrogens is 412 g/mol. The SMILES string of the molecule is Cc1ccccc1CN(CC(=O)NC[C@H]1CCCO1)S(=O)(=O)c1ccc(Cl)cc1. The highest BCUT2D eigenvalue weighted by molar-refractivity contribution is 7.89. The molecule has 8 heteroatoms. The number of ether oxygens (including phenoxy) is 1. The zero-order valence-corrected chi connectivity index (χ0v) is 17.9. The molecule has 1 atom stereocenters. The number of carbonyl (C=O) groups excluding carboxylic acids is 1. The lowest BCUT2D eigenvalue weighted by Crippen LogP contribution is -2.42. The van der Waals surface area contributed by atoms with Crippen LogP contribution >= 0.6 is 11.6 Å². The van der Waals surface area contributed by atoms with Crippen LogP contribution in [-0.2, 0) is 26.1 Å². The molecule has 2 aromatic carbocycles. The topological polar surface area (TPSA) is 75.7 Å². The number of rotatable bonds is 8. The molecule has 1 saturated heterocycles. The summed E-state index contributed by atoms with van der Waals surface area (Å²) in [7, 11) is -3.88. The lowest BCUT2D eigenvalue weighted by molar-refractivity contribution is -0.121. The minimum atomic E-state index is -3.88. The van der Waals surface area contributed by atoms with Gasteiger partial charge in [0.15, 0.2) is 0 Å². The van der Waals surface area contributed by atoms with Gasteiger partial charge in [0.05, 0.1) is 17.5 Å². The van der Waals surface area contributed by atoms with E-state index in [4.69, 9.17) is 16.3 Å². The van der Waals surface area contributed by atoms with Gasteiger partial charge in [0.25, 0.3) is 0 Å². The Kier molecular flexibility index (Phi) is 7.29. The first kappa shape index (κ1) is 21.8. The molecular formula is C21H25ClN2O4S. The van der Waals surface area contributed by atoms with E-state index in [1.54, 1.807) is 0 Å². The Morgan fingerprint density at radius 3 is 2.59 bits per heavy atom. The van der Waals surface area contributed by atoms with E-state index < -0.39 is 10.0 Å². The van der Waals surface area contributed by atoms with Crippen LogP contribution in [0.15, 0.2) is 53.4 Å². The van der Waals surface area contributed by atoms with Crippen LogP contribution in [0, 0.1) is 6.92 Å². The first-order chi connectivity index (χ1) is 13.9. The molecule has 1 aliphatic heterocycles. The number of halogens is 1. The second kappa shape index (κ2) is 9.71. The third-order valence-electron chi connectivity index (χ3n) is 4.93. The Morgan fingerprint density at radius 1 is 1.21 bits per heavy atom. The molecule has 156 valence electrons. The standard InChI is InChI=1S/C21H25ClN2O4S/c1-16-5-2-3-6-17(16)14-24(15-21(25)23-13-19-7-4-12-28-19)29(26,27)20-10-8-18(22)9-11-20/h2-3,5-6,8-11,19H,4,7,12-15H2,1H3,(H,23,25)/t19-/m1/s1. The van der Waals surface area contributed by atoms with Crippen molar-refractivity contribution in [1.29, 1.82) is 0 Å². The summed E-state index contributed by atoms with van der Waals surface area (Å²) in [5, 5.41) is 3.24. The zero-order valence-electron chi connectivity index (χ0n) is 16.3. The van der Waals surface area contributed by atoms with Gasteiger partial charge in [0.2, 0.25) is 15.9 Å². The number of aryl methyl sites for hydroxylation is 1. The Morgan fingerprint density at radius 2 is 1.93 bits per heavy atom. The molecule has 0 radical (unpaired) electrons. The Balaban J connectivity index is 1.79. The van der Waals surface area contributed by atoms with Crippen molar-refractivity contribution < 1.29 is 17.9 Å². The van der Waals surface area contributed by atoms with E-state index in [0.717, 1.165) is 24.0 Å². The molecule has 0 aliphatic carbocycles. The highest BCUT2D eigenvalue weighted by Crippen LogP contribution is 2.21. The lowest BCUT2D eigenvalue weighted by Gasteiger charge is -2.23. The largest absolute Gasteiger partial charge is 0.376 e. The van der Waals surface area contributed by atoms with Gasteiger partial charge in [-0.05, 0) is 55.2 Å². The van der Waals surface area contributed by atoms with Crippen molar-refractivity contribution >= 4 is 27.5 Å². The molecule has 1 amide bonds. The van der Waals surface area contributed by atoms with E-state index in [2.05, 4.69) is 5.32 Å². The molecule has 29 heavy (non-hydrogen) atoms. The number of benzene rings is 2. The predicted octanol–water partition coefficient (Wildman–Crippen LogP) is 3.13. The highest BCUT2D eigenvalue weighted by Gasteiger charge is 2.28. The number of amides is 1. The van der Waals surface area contributed by atoms with E-state index in [1.165, 1.54) is 28.6 Å². The van der Waals surface area contributed by atoms with Crippen LogP contribution < -0.4 is 5.32 Å². The molecule has 0 spiro atoms. The molecule has 1 N–H and O–H groups in total. The third-order valence-corrected chi connectivity index (χ3v) is 6.99. The number of hydrogen-bond donors (Lipinski definition) is 1. The Hall–Kier alpha value is -1.93. The summed E-state index contributed by atoms with van der Waals surface area (Å²) in [5.74, 6) is -0.355. The quantitative estimate of drug-likeness (QED) is 0.689.